The number of likely N-dealkylation sites (tertiary alicyclic amines) is 1. The molecule has 0 radical (unpaired) electrons. The molecule has 1 unspecified atom stereocenters. The molecule has 0 spiro atoms. The first-order valence-corrected chi connectivity index (χ1v) is 12.8. The summed E-state index contributed by atoms with van der Waals surface area (Å²) in [5.74, 6) is 6.22. The fourth-order valence-corrected chi connectivity index (χ4v) is 4.59. The lowest BCUT2D eigenvalue weighted by Crippen LogP contribution is -2.40. The van der Waals surface area contributed by atoms with Crippen LogP contribution in [-0.4, -0.2) is 54.8 Å². The van der Waals surface area contributed by atoms with Gasteiger partial charge in [0.25, 0.3) is 5.91 Å². The number of amides is 1. The Morgan fingerprint density at radius 2 is 1.69 bits per heavy atom. The number of nitrogens with zero attached hydrogens (tertiary/aromatic N) is 4. The van der Waals surface area contributed by atoms with Crippen molar-refractivity contribution in [2.24, 2.45) is 5.92 Å². The van der Waals surface area contributed by atoms with Crippen molar-refractivity contribution in [2.45, 2.75) is 32.4 Å². The van der Waals surface area contributed by atoms with E-state index in [0.717, 1.165) is 22.4 Å². The molecule has 9 nitrogen and oxygen atoms in total. The third-order valence-corrected chi connectivity index (χ3v) is 6.80. The maximum Gasteiger partial charge on any atom is 0.306 e. The van der Waals surface area contributed by atoms with Crippen LogP contribution in [0.15, 0.2) is 71.5 Å². The Morgan fingerprint density at radius 3 is 2.31 bits per heavy atom. The van der Waals surface area contributed by atoms with E-state index in [0.29, 0.717) is 49.6 Å². The minimum Gasteiger partial charge on any atom is -0.481 e. The van der Waals surface area contributed by atoms with Crippen LogP contribution in [-0.2, 0) is 11.3 Å². The number of carboxylic acid groups (broad SMARTS) is 1. The molecule has 1 amide bonds. The zero-order chi connectivity index (χ0) is 27.4. The van der Waals surface area contributed by atoms with Gasteiger partial charge in [-0.25, -0.2) is 4.98 Å². The van der Waals surface area contributed by atoms with E-state index in [9.17, 15) is 14.7 Å². The average Bonchev–Trinajstić information content (AvgIpc) is 3.62. The summed E-state index contributed by atoms with van der Waals surface area (Å²) >= 11 is 0. The first-order valence-electron chi connectivity index (χ1n) is 12.8. The Morgan fingerprint density at radius 1 is 1.05 bits per heavy atom. The normalized spacial score (nSPS) is 14.5. The van der Waals surface area contributed by atoms with Crippen LogP contribution in [0.25, 0.3) is 11.3 Å². The van der Waals surface area contributed by atoms with Crippen molar-refractivity contribution < 1.29 is 24.3 Å². The summed E-state index contributed by atoms with van der Waals surface area (Å²) in [4.78, 5) is 29.8. The van der Waals surface area contributed by atoms with Gasteiger partial charge in [0.15, 0.2) is 5.76 Å². The van der Waals surface area contributed by atoms with Crippen LogP contribution in [0.5, 0.6) is 0 Å². The molecule has 0 saturated carbocycles. The number of aliphatic carboxylic acids is 1. The van der Waals surface area contributed by atoms with Crippen molar-refractivity contribution in [3.63, 3.8) is 0 Å². The van der Waals surface area contributed by atoms with Crippen molar-refractivity contribution in [1.29, 1.82) is 0 Å². The smallest absolute Gasteiger partial charge is 0.306 e. The monoisotopic (exact) mass is 524 g/mol. The zero-order valence-electron chi connectivity index (χ0n) is 21.4. The van der Waals surface area contributed by atoms with E-state index in [1.54, 1.807) is 36.4 Å². The molecule has 1 saturated heterocycles. The number of aliphatic hydroxyl groups is 1. The van der Waals surface area contributed by atoms with Crippen LogP contribution < -0.4 is 0 Å². The van der Waals surface area contributed by atoms with Gasteiger partial charge in [-0.3, -0.25) is 9.59 Å². The number of rotatable bonds is 6. The standard InChI is InChI=1S/C30H28N4O5/c1-20(35)28-31-14-17-34(28)19-26-18-27(39-32-26)23-8-4-21(5-9-23)2-3-22-6-10-24(11-7-22)29(36)33-15-12-25(13-16-33)30(37)38/h4-11,14,17-18,20,25,35H,12-13,15-16,19H2,1H3,(H,37,38). The van der Waals surface area contributed by atoms with Crippen molar-refractivity contribution in [2.75, 3.05) is 13.1 Å². The largest absolute Gasteiger partial charge is 0.481 e. The predicted octanol–water partition coefficient (Wildman–Crippen LogP) is 3.98. The molecule has 2 N–H and O–H groups in total. The highest BCUT2D eigenvalue weighted by atomic mass is 16.5. The maximum atomic E-state index is 12.8. The second-order valence-corrected chi connectivity index (χ2v) is 9.58. The number of carbonyl (C=O) groups excluding carboxylic acids is 1. The second-order valence-electron chi connectivity index (χ2n) is 9.58. The van der Waals surface area contributed by atoms with E-state index in [2.05, 4.69) is 22.0 Å². The molecule has 4 aromatic rings. The number of imidazole rings is 1. The van der Waals surface area contributed by atoms with E-state index in [1.165, 1.54) is 0 Å². The Labute approximate surface area is 225 Å². The molecular formula is C30H28N4O5. The van der Waals surface area contributed by atoms with Crippen LogP contribution in [0, 0.1) is 17.8 Å². The van der Waals surface area contributed by atoms with E-state index in [1.807, 2.05) is 47.0 Å². The van der Waals surface area contributed by atoms with Crippen molar-refractivity contribution >= 4 is 11.9 Å². The van der Waals surface area contributed by atoms with Gasteiger partial charge in [0.1, 0.15) is 17.6 Å². The second kappa shape index (κ2) is 11.4. The maximum absolute atomic E-state index is 12.8. The van der Waals surface area contributed by atoms with Crippen LogP contribution >= 0.6 is 0 Å². The van der Waals surface area contributed by atoms with E-state index < -0.39 is 12.1 Å². The molecule has 2 aromatic heterocycles. The molecule has 3 heterocycles. The van der Waals surface area contributed by atoms with Crippen molar-refractivity contribution in [1.82, 2.24) is 19.6 Å². The quantitative estimate of drug-likeness (QED) is 0.366. The number of piperidine rings is 1. The molecule has 5 rings (SSSR count). The van der Waals surface area contributed by atoms with Crippen LogP contribution in [0.3, 0.4) is 0 Å². The zero-order valence-corrected chi connectivity index (χ0v) is 21.4. The van der Waals surface area contributed by atoms with Crippen LogP contribution in [0.2, 0.25) is 0 Å². The molecule has 2 aromatic carbocycles. The molecule has 198 valence electrons. The Balaban J connectivity index is 1.19. The molecule has 1 aliphatic rings. The minimum absolute atomic E-state index is 0.0852. The summed E-state index contributed by atoms with van der Waals surface area (Å²) in [5, 5.41) is 23.1. The first-order chi connectivity index (χ1) is 18.9. The highest BCUT2D eigenvalue weighted by molar-refractivity contribution is 5.94. The Hall–Kier alpha value is -4.68. The van der Waals surface area contributed by atoms with Gasteiger partial charge in [-0.15, -0.1) is 0 Å². The summed E-state index contributed by atoms with van der Waals surface area (Å²) in [7, 11) is 0. The average molecular weight is 525 g/mol. The van der Waals surface area contributed by atoms with Gasteiger partial charge >= 0.3 is 5.97 Å². The Kier molecular flexibility index (Phi) is 7.57. The minimum atomic E-state index is -0.791. The molecule has 39 heavy (non-hydrogen) atoms. The van der Waals surface area contributed by atoms with Crippen LogP contribution in [0.4, 0.5) is 0 Å². The molecule has 1 aliphatic heterocycles. The molecule has 0 aliphatic carbocycles. The van der Waals surface area contributed by atoms with Gasteiger partial charge in [0, 0.05) is 53.8 Å². The number of aliphatic hydroxyl groups excluding tert-OH is 1. The Bertz CT molecular complexity index is 1520. The van der Waals surface area contributed by atoms with Gasteiger partial charge in [-0.05, 0) is 68.3 Å². The van der Waals surface area contributed by atoms with E-state index in [-0.39, 0.29) is 11.8 Å². The summed E-state index contributed by atoms with van der Waals surface area (Å²) in [6.45, 7) is 3.03. The van der Waals surface area contributed by atoms with E-state index >= 15 is 0 Å². The molecule has 1 atom stereocenters. The van der Waals surface area contributed by atoms with Gasteiger partial charge in [0.2, 0.25) is 0 Å². The first kappa shape index (κ1) is 25.9. The van der Waals surface area contributed by atoms with E-state index in [4.69, 9.17) is 9.63 Å². The highest BCUT2D eigenvalue weighted by Crippen LogP contribution is 2.22. The third kappa shape index (κ3) is 6.08. The van der Waals surface area contributed by atoms with Crippen molar-refractivity contribution in [3.05, 3.63) is 95.2 Å². The molecule has 1 fully saturated rings. The van der Waals surface area contributed by atoms with Crippen molar-refractivity contribution in [3.8, 4) is 23.2 Å². The fourth-order valence-electron chi connectivity index (χ4n) is 4.59. The fraction of sp³-hybridized carbons (Fsp3) is 0.267. The van der Waals surface area contributed by atoms with Gasteiger partial charge in [-0.2, -0.15) is 0 Å². The number of aromatic nitrogens is 3. The number of hydrogen-bond donors (Lipinski definition) is 2. The number of carboxylic acids is 1. The molecule has 9 heteroatoms. The third-order valence-electron chi connectivity index (χ3n) is 6.80. The number of carbonyl (C=O) groups is 2. The van der Waals surface area contributed by atoms with Crippen LogP contribution in [0.1, 0.15) is 58.9 Å². The predicted molar refractivity (Wildman–Crippen MR) is 143 cm³/mol. The topological polar surface area (TPSA) is 122 Å². The lowest BCUT2D eigenvalue weighted by molar-refractivity contribution is -0.143. The lowest BCUT2D eigenvalue weighted by Gasteiger charge is -2.30. The van der Waals surface area contributed by atoms with Gasteiger partial charge in [-0.1, -0.05) is 17.0 Å². The number of benzene rings is 2. The highest BCUT2D eigenvalue weighted by Gasteiger charge is 2.27. The molecular weight excluding hydrogens is 496 g/mol. The summed E-state index contributed by atoms with van der Waals surface area (Å²) in [5.41, 5.74) is 3.78. The molecule has 0 bridgehead atoms. The van der Waals surface area contributed by atoms with Gasteiger partial charge in [0.05, 0.1) is 12.5 Å². The SMILES string of the molecule is CC(O)c1nccn1Cc1cc(-c2ccc(C#Cc3ccc(C(=O)N4CCC(C(=O)O)CC4)cc3)cc2)on1. The number of hydrogen-bond acceptors (Lipinski definition) is 6. The lowest BCUT2D eigenvalue weighted by atomic mass is 9.96. The summed E-state index contributed by atoms with van der Waals surface area (Å²) < 4.78 is 7.35. The summed E-state index contributed by atoms with van der Waals surface area (Å²) in [6.07, 6.45) is 3.73. The summed E-state index contributed by atoms with van der Waals surface area (Å²) in [6, 6.07) is 16.7. The van der Waals surface area contributed by atoms with Gasteiger partial charge < -0.3 is 24.2 Å².